The summed E-state index contributed by atoms with van der Waals surface area (Å²) in [6.45, 7) is 0.447. The molecule has 6 heteroatoms. The summed E-state index contributed by atoms with van der Waals surface area (Å²) < 4.78 is 5.13. The summed E-state index contributed by atoms with van der Waals surface area (Å²) in [6, 6.07) is 10.9. The smallest absolute Gasteiger partial charge is 0.228 e. The fourth-order valence-corrected chi connectivity index (χ4v) is 2.53. The molecular weight excluding hydrogens is 306 g/mol. The van der Waals surface area contributed by atoms with Gasteiger partial charge in [-0.1, -0.05) is 6.07 Å². The molecule has 0 aliphatic heterocycles. The Bertz CT molecular complexity index is 733. The van der Waals surface area contributed by atoms with Crippen LogP contribution in [0, 0.1) is 11.8 Å². The van der Waals surface area contributed by atoms with Gasteiger partial charge in [0.05, 0.1) is 18.9 Å². The number of hydrogen-bond acceptors (Lipinski definition) is 4. The normalized spacial score (nSPS) is 18.5. The second-order valence-electron chi connectivity index (χ2n) is 5.74. The van der Waals surface area contributed by atoms with Gasteiger partial charge < -0.3 is 15.4 Å². The van der Waals surface area contributed by atoms with E-state index in [0.29, 0.717) is 24.4 Å². The molecule has 2 aromatic rings. The standard InChI is InChI=1S/C18H19N3O3/c1-24-14-4-2-3-13(9-14)21-18(23)16-10-15(16)17(22)20-11-12-5-7-19-8-6-12/h2-9,15-16H,10-11H2,1H3,(H,20,22)(H,21,23). The third kappa shape index (κ3) is 3.90. The van der Waals surface area contributed by atoms with Crippen LogP contribution in [-0.2, 0) is 16.1 Å². The molecule has 2 N–H and O–H groups in total. The van der Waals surface area contributed by atoms with Gasteiger partial charge in [-0.25, -0.2) is 0 Å². The van der Waals surface area contributed by atoms with Gasteiger partial charge in [-0.3, -0.25) is 14.6 Å². The topological polar surface area (TPSA) is 80.3 Å². The minimum Gasteiger partial charge on any atom is -0.497 e. The third-order valence-corrected chi connectivity index (χ3v) is 4.02. The lowest BCUT2D eigenvalue weighted by atomic mass is 10.2. The number of carbonyl (C=O) groups excluding carboxylic acids is 2. The summed E-state index contributed by atoms with van der Waals surface area (Å²) >= 11 is 0. The Hall–Kier alpha value is -2.89. The second kappa shape index (κ2) is 7.12. The lowest BCUT2D eigenvalue weighted by Gasteiger charge is -2.07. The molecule has 0 saturated heterocycles. The summed E-state index contributed by atoms with van der Waals surface area (Å²) in [4.78, 5) is 28.3. The highest BCUT2D eigenvalue weighted by Crippen LogP contribution is 2.39. The van der Waals surface area contributed by atoms with Crippen LogP contribution >= 0.6 is 0 Å². The van der Waals surface area contributed by atoms with Crippen molar-refractivity contribution in [3.63, 3.8) is 0 Å². The number of pyridine rings is 1. The summed E-state index contributed by atoms with van der Waals surface area (Å²) in [6.07, 6.45) is 3.95. The van der Waals surface area contributed by atoms with Crippen molar-refractivity contribution in [3.8, 4) is 5.75 Å². The van der Waals surface area contributed by atoms with E-state index < -0.39 is 0 Å². The molecule has 0 bridgehead atoms. The first kappa shape index (κ1) is 16.0. The maximum Gasteiger partial charge on any atom is 0.228 e. The van der Waals surface area contributed by atoms with Crippen molar-refractivity contribution in [3.05, 3.63) is 54.4 Å². The van der Waals surface area contributed by atoms with Crippen molar-refractivity contribution in [1.29, 1.82) is 0 Å². The minimum absolute atomic E-state index is 0.0856. The van der Waals surface area contributed by atoms with E-state index in [1.807, 2.05) is 18.2 Å². The number of nitrogens with zero attached hydrogens (tertiary/aromatic N) is 1. The summed E-state index contributed by atoms with van der Waals surface area (Å²) in [5, 5.41) is 5.69. The lowest BCUT2D eigenvalue weighted by molar-refractivity contribution is -0.125. The Kier molecular flexibility index (Phi) is 4.74. The van der Waals surface area contributed by atoms with E-state index in [-0.39, 0.29) is 23.7 Å². The van der Waals surface area contributed by atoms with Crippen LogP contribution in [0.3, 0.4) is 0 Å². The Morgan fingerprint density at radius 2 is 1.92 bits per heavy atom. The van der Waals surface area contributed by atoms with Crippen molar-refractivity contribution < 1.29 is 14.3 Å². The molecule has 3 rings (SSSR count). The van der Waals surface area contributed by atoms with Gasteiger partial charge in [-0.15, -0.1) is 0 Å². The molecule has 1 aliphatic rings. The molecule has 2 atom stereocenters. The zero-order valence-electron chi connectivity index (χ0n) is 13.4. The number of nitrogens with one attached hydrogen (secondary N) is 2. The molecule has 0 radical (unpaired) electrons. The van der Waals surface area contributed by atoms with Crippen LogP contribution in [0.15, 0.2) is 48.8 Å². The van der Waals surface area contributed by atoms with E-state index in [2.05, 4.69) is 15.6 Å². The van der Waals surface area contributed by atoms with Crippen molar-refractivity contribution in [2.24, 2.45) is 11.8 Å². The molecule has 1 aromatic heterocycles. The maximum absolute atomic E-state index is 12.2. The number of aromatic nitrogens is 1. The van der Waals surface area contributed by atoms with Crippen LogP contribution in [0.5, 0.6) is 5.75 Å². The largest absolute Gasteiger partial charge is 0.497 e. The fourth-order valence-electron chi connectivity index (χ4n) is 2.53. The average Bonchev–Trinajstić information content (AvgIpc) is 3.42. The Morgan fingerprint density at radius 1 is 1.17 bits per heavy atom. The summed E-state index contributed by atoms with van der Waals surface area (Å²) in [7, 11) is 1.57. The number of methoxy groups -OCH3 is 1. The molecule has 2 amide bonds. The van der Waals surface area contributed by atoms with E-state index >= 15 is 0 Å². The Balaban J connectivity index is 1.49. The van der Waals surface area contributed by atoms with E-state index in [4.69, 9.17) is 4.74 Å². The maximum atomic E-state index is 12.2. The first-order valence-electron chi connectivity index (χ1n) is 7.79. The summed E-state index contributed by atoms with van der Waals surface area (Å²) in [5.41, 5.74) is 1.65. The lowest BCUT2D eigenvalue weighted by Crippen LogP contribution is -2.27. The molecular formula is C18H19N3O3. The van der Waals surface area contributed by atoms with E-state index in [0.717, 1.165) is 5.56 Å². The number of rotatable bonds is 6. The predicted molar refractivity (Wildman–Crippen MR) is 89.3 cm³/mol. The van der Waals surface area contributed by atoms with Crippen LogP contribution in [-0.4, -0.2) is 23.9 Å². The quantitative estimate of drug-likeness (QED) is 0.851. The summed E-state index contributed by atoms with van der Waals surface area (Å²) in [5.74, 6) is -0.0637. The minimum atomic E-state index is -0.270. The third-order valence-electron chi connectivity index (χ3n) is 4.02. The van der Waals surface area contributed by atoms with Crippen LogP contribution < -0.4 is 15.4 Å². The number of anilines is 1. The van der Waals surface area contributed by atoms with Crippen LogP contribution in [0.25, 0.3) is 0 Å². The number of ether oxygens (including phenoxy) is 1. The van der Waals surface area contributed by atoms with Gasteiger partial charge in [0.15, 0.2) is 0 Å². The van der Waals surface area contributed by atoms with Gasteiger partial charge in [0.25, 0.3) is 0 Å². The van der Waals surface area contributed by atoms with Crippen molar-refractivity contribution >= 4 is 17.5 Å². The molecule has 1 aromatic carbocycles. The van der Waals surface area contributed by atoms with Crippen molar-refractivity contribution in [2.45, 2.75) is 13.0 Å². The molecule has 1 aliphatic carbocycles. The Labute approximate surface area is 140 Å². The highest BCUT2D eigenvalue weighted by Gasteiger charge is 2.47. The van der Waals surface area contributed by atoms with Gasteiger partial charge in [-0.2, -0.15) is 0 Å². The molecule has 124 valence electrons. The van der Waals surface area contributed by atoms with Gasteiger partial charge in [0.1, 0.15) is 5.75 Å². The molecule has 1 fully saturated rings. The van der Waals surface area contributed by atoms with Gasteiger partial charge >= 0.3 is 0 Å². The van der Waals surface area contributed by atoms with Crippen molar-refractivity contribution in [2.75, 3.05) is 12.4 Å². The number of hydrogen-bond donors (Lipinski definition) is 2. The molecule has 1 saturated carbocycles. The highest BCUT2D eigenvalue weighted by molar-refractivity contribution is 5.99. The van der Waals surface area contributed by atoms with Gasteiger partial charge in [0.2, 0.25) is 11.8 Å². The average molecular weight is 325 g/mol. The number of carbonyl (C=O) groups is 2. The molecule has 24 heavy (non-hydrogen) atoms. The van der Waals surface area contributed by atoms with Gasteiger partial charge in [0, 0.05) is 30.7 Å². The van der Waals surface area contributed by atoms with E-state index in [9.17, 15) is 9.59 Å². The Morgan fingerprint density at radius 3 is 2.67 bits per heavy atom. The van der Waals surface area contributed by atoms with E-state index in [1.165, 1.54) is 0 Å². The molecule has 1 heterocycles. The predicted octanol–water partition coefficient (Wildman–Crippen LogP) is 1.98. The van der Waals surface area contributed by atoms with Crippen LogP contribution in [0.1, 0.15) is 12.0 Å². The van der Waals surface area contributed by atoms with Crippen LogP contribution in [0.4, 0.5) is 5.69 Å². The molecule has 2 unspecified atom stereocenters. The highest BCUT2D eigenvalue weighted by atomic mass is 16.5. The first-order valence-corrected chi connectivity index (χ1v) is 7.79. The number of amides is 2. The monoisotopic (exact) mass is 325 g/mol. The zero-order valence-corrected chi connectivity index (χ0v) is 13.4. The molecule has 0 spiro atoms. The van der Waals surface area contributed by atoms with Crippen LogP contribution in [0.2, 0.25) is 0 Å². The van der Waals surface area contributed by atoms with Gasteiger partial charge in [-0.05, 0) is 36.2 Å². The number of benzene rings is 1. The SMILES string of the molecule is COc1cccc(NC(=O)C2CC2C(=O)NCc2ccncc2)c1. The fraction of sp³-hybridized carbons (Fsp3) is 0.278. The second-order valence-corrected chi connectivity index (χ2v) is 5.74. The first-order chi connectivity index (χ1) is 11.7. The van der Waals surface area contributed by atoms with E-state index in [1.54, 1.807) is 37.7 Å². The zero-order chi connectivity index (χ0) is 16.9. The molecule has 6 nitrogen and oxygen atoms in total. The van der Waals surface area contributed by atoms with Crippen molar-refractivity contribution in [1.82, 2.24) is 10.3 Å².